The van der Waals surface area contributed by atoms with Gasteiger partial charge in [-0.2, -0.15) is 0 Å². The lowest BCUT2D eigenvalue weighted by Crippen LogP contribution is -2.12. The van der Waals surface area contributed by atoms with Crippen LogP contribution in [-0.4, -0.2) is 5.91 Å². The van der Waals surface area contributed by atoms with Gasteiger partial charge in [0.2, 0.25) is 5.91 Å². The van der Waals surface area contributed by atoms with Crippen LogP contribution in [0.2, 0.25) is 5.02 Å². The van der Waals surface area contributed by atoms with Crippen molar-refractivity contribution in [2.24, 2.45) is 5.92 Å². The van der Waals surface area contributed by atoms with Crippen LogP contribution in [0.1, 0.15) is 32.3 Å². The summed E-state index contributed by atoms with van der Waals surface area (Å²) in [5, 5.41) is 3.52. The molecule has 0 saturated carbocycles. The number of rotatable bonds is 4. The molecule has 0 aliphatic heterocycles. The Balaban J connectivity index is 2.53. The first kappa shape index (κ1) is 13.0. The van der Waals surface area contributed by atoms with Gasteiger partial charge in [-0.1, -0.05) is 31.5 Å². The van der Waals surface area contributed by atoms with E-state index in [1.165, 1.54) is 0 Å². The molecule has 0 atom stereocenters. The fraction of sp³-hybridized carbons (Fsp3) is 0.462. The molecular formula is C13H18ClNO. The molecule has 0 fully saturated rings. The second-order valence-corrected chi connectivity index (χ2v) is 4.85. The van der Waals surface area contributed by atoms with Crippen molar-refractivity contribution in [2.45, 2.75) is 33.6 Å². The molecule has 1 rings (SSSR count). The van der Waals surface area contributed by atoms with Crippen LogP contribution in [0.3, 0.4) is 0 Å². The van der Waals surface area contributed by atoms with Crippen molar-refractivity contribution in [1.29, 1.82) is 0 Å². The van der Waals surface area contributed by atoms with Gasteiger partial charge in [-0.25, -0.2) is 0 Å². The van der Waals surface area contributed by atoms with Crippen molar-refractivity contribution < 1.29 is 4.79 Å². The van der Waals surface area contributed by atoms with E-state index in [0.717, 1.165) is 17.7 Å². The molecule has 0 bridgehead atoms. The highest BCUT2D eigenvalue weighted by Crippen LogP contribution is 2.20. The van der Waals surface area contributed by atoms with Crippen molar-refractivity contribution in [3.05, 3.63) is 28.8 Å². The maximum absolute atomic E-state index is 11.6. The highest BCUT2D eigenvalue weighted by Gasteiger charge is 2.05. The summed E-state index contributed by atoms with van der Waals surface area (Å²) < 4.78 is 0. The standard InChI is InChI=1S/C13H18ClNO/c1-9(2)4-7-13(16)15-11-6-5-10(3)12(14)8-11/h5-6,8-9H,4,7H2,1-3H3,(H,15,16). The van der Waals surface area contributed by atoms with E-state index in [4.69, 9.17) is 11.6 Å². The van der Waals surface area contributed by atoms with E-state index in [9.17, 15) is 4.79 Å². The lowest BCUT2D eigenvalue weighted by atomic mass is 10.1. The average molecular weight is 240 g/mol. The molecule has 0 unspecified atom stereocenters. The second kappa shape index (κ2) is 5.90. The third kappa shape index (κ3) is 4.23. The Morgan fingerprint density at radius 3 is 2.69 bits per heavy atom. The number of carbonyl (C=O) groups excluding carboxylic acids is 1. The Morgan fingerprint density at radius 1 is 1.44 bits per heavy atom. The molecule has 0 heterocycles. The Labute approximate surface area is 102 Å². The van der Waals surface area contributed by atoms with Crippen LogP contribution in [-0.2, 0) is 4.79 Å². The Hall–Kier alpha value is -1.02. The number of hydrogen-bond donors (Lipinski definition) is 1. The third-order valence-corrected chi connectivity index (χ3v) is 2.81. The van der Waals surface area contributed by atoms with Gasteiger partial charge < -0.3 is 5.32 Å². The summed E-state index contributed by atoms with van der Waals surface area (Å²) in [5.74, 6) is 0.598. The molecule has 88 valence electrons. The summed E-state index contributed by atoms with van der Waals surface area (Å²) in [6.45, 7) is 6.15. The predicted molar refractivity (Wildman–Crippen MR) is 68.9 cm³/mol. The van der Waals surface area contributed by atoms with Crippen LogP contribution in [0.5, 0.6) is 0 Å². The van der Waals surface area contributed by atoms with Crippen LogP contribution in [0.15, 0.2) is 18.2 Å². The van der Waals surface area contributed by atoms with Crippen molar-refractivity contribution in [3.63, 3.8) is 0 Å². The van der Waals surface area contributed by atoms with E-state index in [1.54, 1.807) is 6.07 Å². The smallest absolute Gasteiger partial charge is 0.224 e. The number of aryl methyl sites for hydroxylation is 1. The SMILES string of the molecule is Cc1ccc(NC(=O)CCC(C)C)cc1Cl. The topological polar surface area (TPSA) is 29.1 Å². The number of nitrogens with one attached hydrogen (secondary N) is 1. The molecular weight excluding hydrogens is 222 g/mol. The monoisotopic (exact) mass is 239 g/mol. The van der Waals surface area contributed by atoms with Crippen LogP contribution in [0.25, 0.3) is 0 Å². The minimum Gasteiger partial charge on any atom is -0.326 e. The Morgan fingerprint density at radius 2 is 2.12 bits per heavy atom. The molecule has 0 aliphatic rings. The maximum atomic E-state index is 11.6. The largest absolute Gasteiger partial charge is 0.326 e. The first-order valence-electron chi connectivity index (χ1n) is 5.55. The first-order valence-corrected chi connectivity index (χ1v) is 5.93. The number of amides is 1. The van der Waals surface area contributed by atoms with E-state index in [2.05, 4.69) is 19.2 Å². The molecule has 1 amide bonds. The second-order valence-electron chi connectivity index (χ2n) is 4.44. The maximum Gasteiger partial charge on any atom is 0.224 e. The van der Waals surface area contributed by atoms with Crippen molar-refractivity contribution in [1.82, 2.24) is 0 Å². The van der Waals surface area contributed by atoms with Crippen LogP contribution in [0, 0.1) is 12.8 Å². The highest BCUT2D eigenvalue weighted by atomic mass is 35.5. The molecule has 0 radical (unpaired) electrons. The van der Waals surface area contributed by atoms with E-state index in [0.29, 0.717) is 17.4 Å². The number of halogens is 1. The summed E-state index contributed by atoms with van der Waals surface area (Å²) >= 11 is 5.97. The fourth-order valence-corrected chi connectivity index (χ4v) is 1.49. The predicted octanol–water partition coefficient (Wildman–Crippen LogP) is 4.02. The number of hydrogen-bond acceptors (Lipinski definition) is 1. The summed E-state index contributed by atoms with van der Waals surface area (Å²) in [4.78, 5) is 11.6. The van der Waals surface area contributed by atoms with Crippen molar-refractivity contribution in [3.8, 4) is 0 Å². The third-order valence-electron chi connectivity index (χ3n) is 2.40. The number of anilines is 1. The van der Waals surface area contributed by atoms with Crippen LogP contribution < -0.4 is 5.32 Å². The summed E-state index contributed by atoms with van der Waals surface area (Å²) in [6, 6.07) is 5.55. The first-order chi connectivity index (χ1) is 7.49. The van der Waals surface area contributed by atoms with Gasteiger partial charge in [0.25, 0.3) is 0 Å². The average Bonchev–Trinajstić information content (AvgIpc) is 2.21. The van der Waals surface area contributed by atoms with Gasteiger partial charge in [-0.15, -0.1) is 0 Å². The molecule has 3 heteroatoms. The van der Waals surface area contributed by atoms with E-state index >= 15 is 0 Å². The van der Waals surface area contributed by atoms with E-state index < -0.39 is 0 Å². The normalized spacial score (nSPS) is 10.6. The molecule has 1 aromatic carbocycles. The van der Waals surface area contributed by atoms with Gasteiger partial charge in [-0.05, 0) is 37.0 Å². The Kier molecular flexibility index (Phi) is 4.81. The van der Waals surface area contributed by atoms with Gasteiger partial charge >= 0.3 is 0 Å². The fourth-order valence-electron chi connectivity index (χ4n) is 1.31. The Bertz CT molecular complexity index is 374. The molecule has 0 aliphatic carbocycles. The molecule has 1 aromatic rings. The summed E-state index contributed by atoms with van der Waals surface area (Å²) in [5.41, 5.74) is 1.78. The van der Waals surface area contributed by atoms with Crippen molar-refractivity contribution in [2.75, 3.05) is 5.32 Å². The van der Waals surface area contributed by atoms with E-state index in [1.807, 2.05) is 19.1 Å². The molecule has 2 nitrogen and oxygen atoms in total. The van der Waals surface area contributed by atoms with Gasteiger partial charge in [0.05, 0.1) is 0 Å². The van der Waals surface area contributed by atoms with Gasteiger partial charge in [-0.3, -0.25) is 4.79 Å². The van der Waals surface area contributed by atoms with E-state index in [-0.39, 0.29) is 5.91 Å². The summed E-state index contributed by atoms with van der Waals surface area (Å²) in [7, 11) is 0. The zero-order valence-electron chi connectivity index (χ0n) is 10.0. The molecule has 0 spiro atoms. The van der Waals surface area contributed by atoms with Crippen molar-refractivity contribution >= 4 is 23.2 Å². The molecule has 0 aromatic heterocycles. The van der Waals surface area contributed by atoms with Crippen LogP contribution >= 0.6 is 11.6 Å². The van der Waals surface area contributed by atoms with Gasteiger partial charge in [0.15, 0.2) is 0 Å². The van der Waals surface area contributed by atoms with Gasteiger partial charge in [0, 0.05) is 17.1 Å². The number of carbonyl (C=O) groups is 1. The zero-order valence-corrected chi connectivity index (χ0v) is 10.8. The van der Waals surface area contributed by atoms with Crippen LogP contribution in [0.4, 0.5) is 5.69 Å². The summed E-state index contributed by atoms with van der Waals surface area (Å²) in [6.07, 6.45) is 1.47. The molecule has 16 heavy (non-hydrogen) atoms. The molecule has 1 N–H and O–H groups in total. The lowest BCUT2D eigenvalue weighted by molar-refractivity contribution is -0.116. The highest BCUT2D eigenvalue weighted by molar-refractivity contribution is 6.31. The minimum absolute atomic E-state index is 0.0496. The molecule has 0 saturated heterocycles. The van der Waals surface area contributed by atoms with Gasteiger partial charge in [0.1, 0.15) is 0 Å². The number of benzene rings is 1. The lowest BCUT2D eigenvalue weighted by Gasteiger charge is -2.08. The minimum atomic E-state index is 0.0496. The zero-order chi connectivity index (χ0) is 12.1. The quantitative estimate of drug-likeness (QED) is 0.845.